The lowest BCUT2D eigenvalue weighted by molar-refractivity contribution is -0.274. The summed E-state index contributed by atoms with van der Waals surface area (Å²) in [7, 11) is 0. The predicted molar refractivity (Wildman–Crippen MR) is 80.3 cm³/mol. The van der Waals surface area contributed by atoms with Crippen LogP contribution in [0.2, 0.25) is 0 Å². The van der Waals surface area contributed by atoms with Crippen molar-refractivity contribution in [2.75, 3.05) is 0 Å². The Balaban J connectivity index is 1.88. The van der Waals surface area contributed by atoms with Crippen molar-refractivity contribution in [3.63, 3.8) is 0 Å². The van der Waals surface area contributed by atoms with Crippen molar-refractivity contribution >= 4 is 6.21 Å². The molecule has 0 aliphatic carbocycles. The van der Waals surface area contributed by atoms with Crippen LogP contribution < -0.4 is 4.74 Å². The summed E-state index contributed by atoms with van der Waals surface area (Å²) < 4.78 is 40.3. The van der Waals surface area contributed by atoms with Gasteiger partial charge >= 0.3 is 6.36 Å². The van der Waals surface area contributed by atoms with Gasteiger partial charge in [0.25, 0.3) is 0 Å². The van der Waals surface area contributed by atoms with Crippen molar-refractivity contribution in [3.05, 3.63) is 65.2 Å². The highest BCUT2D eigenvalue weighted by molar-refractivity contribution is 5.79. The summed E-state index contributed by atoms with van der Waals surface area (Å²) in [6, 6.07) is 13.2. The molecule has 0 saturated carbocycles. The molecule has 0 spiro atoms. The van der Waals surface area contributed by atoms with Gasteiger partial charge in [-0.2, -0.15) is 0 Å². The van der Waals surface area contributed by atoms with Gasteiger partial charge in [-0.15, -0.1) is 13.2 Å². The summed E-state index contributed by atoms with van der Waals surface area (Å²) in [6.07, 6.45) is -1.05. The minimum Gasteiger partial charge on any atom is -0.406 e. The van der Waals surface area contributed by atoms with Crippen LogP contribution in [0.4, 0.5) is 13.2 Å². The zero-order valence-electron chi connectivity index (χ0n) is 12.4. The third-order valence-corrected chi connectivity index (χ3v) is 2.96. The van der Waals surface area contributed by atoms with E-state index in [0.717, 1.165) is 12.0 Å². The van der Waals surface area contributed by atoms with Crippen LogP contribution in [0.1, 0.15) is 23.6 Å². The van der Waals surface area contributed by atoms with Gasteiger partial charge in [0.2, 0.25) is 0 Å². The number of alkyl halides is 3. The lowest BCUT2D eigenvalue weighted by Gasteiger charge is -2.09. The number of hydrogen-bond acceptors (Lipinski definition) is 3. The van der Waals surface area contributed by atoms with Gasteiger partial charge in [-0.25, -0.2) is 0 Å². The van der Waals surface area contributed by atoms with Crippen LogP contribution in [0.25, 0.3) is 0 Å². The maximum atomic E-state index is 12.1. The lowest BCUT2D eigenvalue weighted by atomic mass is 10.1. The van der Waals surface area contributed by atoms with E-state index in [2.05, 4.69) is 23.0 Å². The molecule has 0 N–H and O–H groups in total. The molecule has 0 bridgehead atoms. The zero-order chi connectivity index (χ0) is 16.7. The fourth-order valence-electron chi connectivity index (χ4n) is 1.84. The maximum Gasteiger partial charge on any atom is 0.573 e. The van der Waals surface area contributed by atoms with E-state index in [0.29, 0.717) is 5.56 Å². The van der Waals surface area contributed by atoms with Gasteiger partial charge in [0.05, 0.1) is 0 Å². The molecule has 0 amide bonds. The fraction of sp³-hybridized carbons (Fsp3) is 0.235. The smallest absolute Gasteiger partial charge is 0.406 e. The molecule has 0 aliphatic rings. The second-order valence-corrected chi connectivity index (χ2v) is 4.72. The molecular formula is C17H15F3NO2. The zero-order valence-corrected chi connectivity index (χ0v) is 12.4. The average Bonchev–Trinajstić information content (AvgIpc) is 2.51. The van der Waals surface area contributed by atoms with Crippen molar-refractivity contribution in [3.8, 4) is 5.75 Å². The van der Waals surface area contributed by atoms with Crippen LogP contribution in [0, 0.1) is 0 Å². The molecule has 1 radical (unpaired) electrons. The van der Waals surface area contributed by atoms with E-state index in [1.165, 1.54) is 23.8 Å². The average molecular weight is 322 g/mol. The number of benzene rings is 2. The van der Waals surface area contributed by atoms with Crippen molar-refractivity contribution in [1.82, 2.24) is 0 Å². The van der Waals surface area contributed by atoms with Crippen molar-refractivity contribution in [1.29, 1.82) is 0 Å². The molecule has 0 heterocycles. The van der Waals surface area contributed by atoms with Gasteiger partial charge in [-0.1, -0.05) is 48.5 Å². The molecule has 0 unspecified atom stereocenters. The molecule has 0 aliphatic heterocycles. The Morgan fingerprint density at radius 3 is 2.43 bits per heavy atom. The molecule has 0 fully saturated rings. The Kier molecular flexibility index (Phi) is 5.62. The van der Waals surface area contributed by atoms with Crippen LogP contribution >= 0.6 is 0 Å². The number of rotatable bonds is 6. The highest BCUT2D eigenvalue weighted by atomic mass is 19.4. The summed E-state index contributed by atoms with van der Waals surface area (Å²) in [6.45, 7) is 2.08. The Labute approximate surface area is 132 Å². The van der Waals surface area contributed by atoms with Crippen molar-refractivity contribution in [2.45, 2.75) is 26.3 Å². The monoisotopic (exact) mass is 322 g/mol. The first kappa shape index (κ1) is 16.9. The molecular weight excluding hydrogens is 307 g/mol. The summed E-state index contributed by atoms with van der Waals surface area (Å²) in [5.41, 5.74) is 2.48. The number of nitrogens with zero attached hydrogens (tertiary/aromatic N) is 1. The highest BCUT2D eigenvalue weighted by Crippen LogP contribution is 2.23. The molecule has 2 aromatic rings. The molecule has 6 heteroatoms. The number of hydrogen-bond donors (Lipinski definition) is 0. The SMILES string of the molecule is CCc1ccc(/[C]=N\OCc2cccc(OC(F)(F)F)c2)cc1. The number of aryl methyl sites for hydroxylation is 1. The molecule has 2 aromatic carbocycles. The van der Waals surface area contributed by atoms with Gasteiger partial charge in [-0.05, 0) is 29.7 Å². The van der Waals surface area contributed by atoms with Crippen molar-refractivity contribution < 1.29 is 22.7 Å². The summed E-state index contributed by atoms with van der Waals surface area (Å²) in [5.74, 6) is -0.290. The minimum absolute atomic E-state index is 0.0229. The van der Waals surface area contributed by atoms with Gasteiger partial charge < -0.3 is 9.57 Å². The van der Waals surface area contributed by atoms with Gasteiger partial charge in [-0.3, -0.25) is 0 Å². The number of halogens is 3. The lowest BCUT2D eigenvalue weighted by Crippen LogP contribution is -2.17. The predicted octanol–water partition coefficient (Wildman–Crippen LogP) is 4.58. The standard InChI is InChI=1S/C17H15F3NO2/c1-2-13-6-8-14(9-7-13)11-21-22-12-15-4-3-5-16(10-15)23-17(18,19)20/h3-10H,2,12H2,1H3. The quantitative estimate of drug-likeness (QED) is 0.576. The van der Waals surface area contributed by atoms with Gasteiger partial charge in [0.1, 0.15) is 18.6 Å². The molecule has 0 aromatic heterocycles. The maximum absolute atomic E-state index is 12.1. The molecule has 3 nitrogen and oxygen atoms in total. The van der Waals surface area contributed by atoms with Crippen LogP contribution in [0.3, 0.4) is 0 Å². The van der Waals surface area contributed by atoms with Gasteiger partial charge in [0, 0.05) is 5.56 Å². The van der Waals surface area contributed by atoms with E-state index >= 15 is 0 Å². The topological polar surface area (TPSA) is 30.8 Å². The van der Waals surface area contributed by atoms with E-state index in [9.17, 15) is 13.2 Å². The molecule has 0 atom stereocenters. The van der Waals surface area contributed by atoms with E-state index in [4.69, 9.17) is 4.84 Å². The Morgan fingerprint density at radius 1 is 1.04 bits per heavy atom. The Bertz CT molecular complexity index is 652. The van der Waals surface area contributed by atoms with Gasteiger partial charge in [0.15, 0.2) is 0 Å². The highest BCUT2D eigenvalue weighted by Gasteiger charge is 2.31. The van der Waals surface area contributed by atoms with Crippen LogP contribution in [0.15, 0.2) is 53.7 Å². The van der Waals surface area contributed by atoms with E-state index in [-0.39, 0.29) is 12.4 Å². The van der Waals surface area contributed by atoms with Crippen LogP contribution in [-0.2, 0) is 17.9 Å². The first-order valence-electron chi connectivity index (χ1n) is 6.98. The first-order valence-corrected chi connectivity index (χ1v) is 6.98. The molecule has 121 valence electrons. The largest absolute Gasteiger partial charge is 0.573 e. The third-order valence-electron chi connectivity index (χ3n) is 2.96. The minimum atomic E-state index is -4.71. The Morgan fingerprint density at radius 2 is 1.78 bits per heavy atom. The molecule has 0 saturated heterocycles. The number of ether oxygens (including phenoxy) is 1. The summed E-state index contributed by atoms with van der Waals surface area (Å²) >= 11 is 0. The van der Waals surface area contributed by atoms with Crippen molar-refractivity contribution in [2.24, 2.45) is 5.16 Å². The summed E-state index contributed by atoms with van der Waals surface area (Å²) in [5, 5.41) is 3.68. The van der Waals surface area contributed by atoms with E-state index < -0.39 is 6.36 Å². The van der Waals surface area contributed by atoms with E-state index in [1.54, 1.807) is 6.07 Å². The third kappa shape index (κ3) is 6.02. The molecule has 2 rings (SSSR count). The second kappa shape index (κ2) is 7.67. The molecule has 23 heavy (non-hydrogen) atoms. The summed E-state index contributed by atoms with van der Waals surface area (Å²) in [4.78, 5) is 5.04. The fourth-order valence-corrected chi connectivity index (χ4v) is 1.84. The first-order chi connectivity index (χ1) is 11.0. The second-order valence-electron chi connectivity index (χ2n) is 4.72. The Hall–Kier alpha value is -2.50. The normalized spacial score (nSPS) is 11.7. The van der Waals surface area contributed by atoms with Crippen LogP contribution in [0.5, 0.6) is 5.75 Å². The van der Waals surface area contributed by atoms with Crippen LogP contribution in [-0.4, -0.2) is 12.6 Å². The van der Waals surface area contributed by atoms with E-state index in [1.807, 2.05) is 24.3 Å².